The Morgan fingerprint density at radius 1 is 1.36 bits per heavy atom. The molecule has 0 aromatic heterocycles. The molecule has 0 atom stereocenters. The molecule has 0 bridgehead atoms. The fourth-order valence-electron chi connectivity index (χ4n) is 1.15. The number of rotatable bonds is 1. The normalized spacial score (nSPS) is 11.1. The van der Waals surface area contributed by atoms with E-state index in [0.717, 1.165) is 11.6 Å². The fourth-order valence-corrected chi connectivity index (χ4v) is 1.15. The van der Waals surface area contributed by atoms with Crippen LogP contribution in [-0.4, -0.2) is 0 Å². The monoisotopic (exact) mass is 199 g/mol. The third kappa shape index (κ3) is 2.05. The van der Waals surface area contributed by atoms with Gasteiger partial charge in [0.25, 0.3) is 0 Å². The zero-order chi connectivity index (χ0) is 10.8. The van der Waals surface area contributed by atoms with Gasteiger partial charge in [-0.15, -0.1) is 0 Å². The van der Waals surface area contributed by atoms with Crippen molar-refractivity contribution in [3.05, 3.63) is 34.9 Å². The lowest BCUT2D eigenvalue weighted by molar-refractivity contribution is -0.137. The molecule has 0 spiro atoms. The third-order valence-electron chi connectivity index (χ3n) is 1.92. The van der Waals surface area contributed by atoms with E-state index in [1.54, 1.807) is 6.07 Å². The molecule has 0 aliphatic rings. The number of nitriles is 1. The highest BCUT2D eigenvalue weighted by molar-refractivity contribution is 5.42. The van der Waals surface area contributed by atoms with Crippen LogP contribution in [0.3, 0.4) is 0 Å². The molecule has 1 aromatic rings. The maximum Gasteiger partial charge on any atom is 0.417 e. The summed E-state index contributed by atoms with van der Waals surface area (Å²) in [6, 6.07) is 5.19. The van der Waals surface area contributed by atoms with Gasteiger partial charge in [-0.05, 0) is 24.1 Å². The van der Waals surface area contributed by atoms with Gasteiger partial charge < -0.3 is 0 Å². The lowest BCUT2D eigenvalue weighted by Gasteiger charge is -2.09. The van der Waals surface area contributed by atoms with E-state index in [0.29, 0.717) is 6.42 Å². The summed E-state index contributed by atoms with van der Waals surface area (Å²) in [5.74, 6) is 0. The zero-order valence-electron chi connectivity index (χ0n) is 7.52. The van der Waals surface area contributed by atoms with Gasteiger partial charge in [0.05, 0.1) is 17.2 Å². The van der Waals surface area contributed by atoms with Crippen LogP contribution in [0.1, 0.15) is 23.6 Å². The van der Waals surface area contributed by atoms with Crippen LogP contribution in [0.5, 0.6) is 0 Å². The molecular weight excluding hydrogens is 191 g/mol. The lowest BCUT2D eigenvalue weighted by Crippen LogP contribution is -2.07. The van der Waals surface area contributed by atoms with E-state index in [4.69, 9.17) is 5.26 Å². The van der Waals surface area contributed by atoms with Crippen LogP contribution in [0.2, 0.25) is 0 Å². The summed E-state index contributed by atoms with van der Waals surface area (Å²) in [6.07, 6.45) is -3.83. The predicted molar refractivity (Wildman–Crippen MR) is 45.5 cm³/mol. The fraction of sp³-hybridized carbons (Fsp3) is 0.300. The van der Waals surface area contributed by atoms with Gasteiger partial charge in [-0.2, -0.15) is 18.4 Å². The van der Waals surface area contributed by atoms with E-state index in [1.807, 2.05) is 6.92 Å². The molecule has 74 valence electrons. The van der Waals surface area contributed by atoms with E-state index in [2.05, 4.69) is 0 Å². The number of benzene rings is 1. The highest BCUT2D eigenvalue weighted by Crippen LogP contribution is 2.32. The van der Waals surface area contributed by atoms with Gasteiger partial charge in [-0.1, -0.05) is 13.0 Å². The van der Waals surface area contributed by atoms with Gasteiger partial charge in [0.2, 0.25) is 0 Å². The largest absolute Gasteiger partial charge is 0.417 e. The van der Waals surface area contributed by atoms with Gasteiger partial charge in [-0.3, -0.25) is 0 Å². The van der Waals surface area contributed by atoms with Crippen LogP contribution in [0.25, 0.3) is 0 Å². The minimum atomic E-state index is -4.45. The topological polar surface area (TPSA) is 23.8 Å². The lowest BCUT2D eigenvalue weighted by atomic mass is 10.0. The molecule has 0 radical (unpaired) electrons. The molecule has 0 heterocycles. The molecule has 0 aliphatic carbocycles. The molecule has 1 rings (SSSR count). The Morgan fingerprint density at radius 2 is 2.00 bits per heavy atom. The zero-order valence-corrected chi connectivity index (χ0v) is 7.52. The van der Waals surface area contributed by atoms with Gasteiger partial charge in [0.15, 0.2) is 0 Å². The van der Waals surface area contributed by atoms with Crippen molar-refractivity contribution in [1.82, 2.24) is 0 Å². The summed E-state index contributed by atoms with van der Waals surface area (Å²) in [5.41, 5.74) is -0.441. The van der Waals surface area contributed by atoms with Crippen molar-refractivity contribution in [2.75, 3.05) is 0 Å². The molecule has 4 heteroatoms. The first-order valence-corrected chi connectivity index (χ1v) is 4.09. The number of alkyl halides is 3. The second kappa shape index (κ2) is 3.70. The van der Waals surface area contributed by atoms with Crippen molar-refractivity contribution in [3.63, 3.8) is 0 Å². The molecule has 1 nitrogen and oxygen atoms in total. The standard InChI is InChI=1S/C10H8F3N/c1-2-7-3-4-9(10(11,12)13)8(5-7)6-14/h3-5H,2H2,1H3. The average Bonchev–Trinajstić information content (AvgIpc) is 2.15. The molecule has 0 saturated heterocycles. The highest BCUT2D eigenvalue weighted by Gasteiger charge is 2.33. The first kappa shape index (κ1) is 10.6. The maximum atomic E-state index is 12.3. The van der Waals surface area contributed by atoms with E-state index < -0.39 is 11.7 Å². The van der Waals surface area contributed by atoms with E-state index in [9.17, 15) is 13.2 Å². The Kier molecular flexibility index (Phi) is 2.80. The van der Waals surface area contributed by atoms with Crippen molar-refractivity contribution in [2.45, 2.75) is 19.5 Å². The maximum absolute atomic E-state index is 12.3. The highest BCUT2D eigenvalue weighted by atomic mass is 19.4. The number of halogens is 3. The minimum Gasteiger partial charge on any atom is -0.192 e. The summed E-state index contributed by atoms with van der Waals surface area (Å²) in [4.78, 5) is 0. The Morgan fingerprint density at radius 3 is 2.43 bits per heavy atom. The van der Waals surface area contributed by atoms with Crippen LogP contribution in [0.15, 0.2) is 18.2 Å². The molecule has 0 saturated carbocycles. The molecular formula is C10H8F3N. The van der Waals surface area contributed by atoms with Crippen LogP contribution >= 0.6 is 0 Å². The minimum absolute atomic E-state index is 0.308. The summed E-state index contributed by atoms with van der Waals surface area (Å²) >= 11 is 0. The Labute approximate surface area is 79.8 Å². The molecule has 14 heavy (non-hydrogen) atoms. The summed E-state index contributed by atoms with van der Waals surface area (Å²) in [7, 11) is 0. The molecule has 0 N–H and O–H groups in total. The Balaban J connectivity index is 3.28. The Hall–Kier alpha value is -1.50. The first-order valence-electron chi connectivity index (χ1n) is 4.09. The Bertz CT molecular complexity index is 374. The number of hydrogen-bond acceptors (Lipinski definition) is 1. The number of nitrogens with zero attached hydrogens (tertiary/aromatic N) is 1. The van der Waals surface area contributed by atoms with E-state index in [1.165, 1.54) is 12.1 Å². The van der Waals surface area contributed by atoms with E-state index in [-0.39, 0.29) is 5.56 Å². The van der Waals surface area contributed by atoms with Crippen LogP contribution in [-0.2, 0) is 12.6 Å². The van der Waals surface area contributed by atoms with Crippen molar-refractivity contribution < 1.29 is 13.2 Å². The molecule has 0 aliphatic heterocycles. The SMILES string of the molecule is CCc1ccc(C(F)(F)F)c(C#N)c1. The summed E-state index contributed by atoms with van der Waals surface area (Å²) in [5, 5.41) is 8.55. The molecule has 0 amide bonds. The predicted octanol–water partition coefficient (Wildman–Crippen LogP) is 3.14. The van der Waals surface area contributed by atoms with Crippen molar-refractivity contribution in [3.8, 4) is 6.07 Å². The van der Waals surface area contributed by atoms with Gasteiger partial charge in [0.1, 0.15) is 0 Å². The molecule has 0 fully saturated rings. The van der Waals surface area contributed by atoms with Crippen molar-refractivity contribution in [2.24, 2.45) is 0 Å². The average molecular weight is 199 g/mol. The van der Waals surface area contributed by atoms with Gasteiger partial charge in [0, 0.05) is 0 Å². The molecule has 0 unspecified atom stereocenters. The van der Waals surface area contributed by atoms with Crippen LogP contribution in [0, 0.1) is 11.3 Å². The van der Waals surface area contributed by atoms with Gasteiger partial charge in [-0.25, -0.2) is 0 Å². The van der Waals surface area contributed by atoms with Crippen molar-refractivity contribution >= 4 is 0 Å². The quantitative estimate of drug-likeness (QED) is 0.681. The summed E-state index contributed by atoms with van der Waals surface area (Å²) in [6.45, 7) is 1.82. The smallest absolute Gasteiger partial charge is 0.192 e. The second-order valence-corrected chi connectivity index (χ2v) is 2.84. The summed E-state index contributed by atoms with van der Waals surface area (Å²) < 4.78 is 37.0. The number of hydrogen-bond donors (Lipinski definition) is 0. The second-order valence-electron chi connectivity index (χ2n) is 2.84. The first-order chi connectivity index (χ1) is 6.49. The third-order valence-corrected chi connectivity index (χ3v) is 1.92. The van der Waals surface area contributed by atoms with Crippen LogP contribution < -0.4 is 0 Å². The van der Waals surface area contributed by atoms with Gasteiger partial charge >= 0.3 is 6.18 Å². The van der Waals surface area contributed by atoms with Crippen LogP contribution in [0.4, 0.5) is 13.2 Å². The number of aryl methyl sites for hydroxylation is 1. The molecule has 1 aromatic carbocycles. The van der Waals surface area contributed by atoms with E-state index >= 15 is 0 Å². The van der Waals surface area contributed by atoms with Crippen molar-refractivity contribution in [1.29, 1.82) is 5.26 Å².